The first-order valence-electron chi connectivity index (χ1n) is 3.65. The lowest BCUT2D eigenvalue weighted by Gasteiger charge is -2.19. The molecule has 0 fully saturated rings. The van der Waals surface area contributed by atoms with E-state index in [4.69, 9.17) is 4.84 Å². The second-order valence-electron chi connectivity index (χ2n) is 2.73. The maximum Gasteiger partial charge on any atom is 0.277 e. The fraction of sp³-hybridized carbons (Fsp3) is 0.250. The molecule has 1 amide bonds. The molecule has 0 aromatic heterocycles. The molecular weight excluding hydrogens is 158 g/mol. The van der Waals surface area contributed by atoms with Gasteiger partial charge in [-0.3, -0.25) is 9.59 Å². The summed E-state index contributed by atoms with van der Waals surface area (Å²) in [4.78, 5) is 26.6. The first-order valence-corrected chi connectivity index (χ1v) is 3.65. The number of Topliss-reactive ketones (excluding diaryl/α,β-unsaturated/α-hetero) is 1. The highest BCUT2D eigenvalue weighted by molar-refractivity contribution is 5.93. The minimum atomic E-state index is -0.308. The second-order valence-corrected chi connectivity index (χ2v) is 2.73. The molecule has 2 rings (SSSR count). The summed E-state index contributed by atoms with van der Waals surface area (Å²) in [6.07, 6.45) is 3.77. The fourth-order valence-corrected chi connectivity index (χ4v) is 1.23. The number of nitrogens with one attached hydrogen (secondary N) is 1. The summed E-state index contributed by atoms with van der Waals surface area (Å²) < 4.78 is 0. The Morgan fingerprint density at radius 3 is 3.08 bits per heavy atom. The van der Waals surface area contributed by atoms with Crippen molar-refractivity contribution in [1.82, 2.24) is 5.48 Å². The van der Waals surface area contributed by atoms with Crippen molar-refractivity contribution >= 4 is 11.7 Å². The van der Waals surface area contributed by atoms with Crippen LogP contribution >= 0.6 is 0 Å². The smallest absolute Gasteiger partial charge is 0.277 e. The largest absolute Gasteiger partial charge is 0.379 e. The van der Waals surface area contributed by atoms with E-state index in [-0.39, 0.29) is 11.7 Å². The predicted octanol–water partition coefficient (Wildman–Crippen LogP) is 0.221. The zero-order valence-corrected chi connectivity index (χ0v) is 6.29. The van der Waals surface area contributed by atoms with Crippen LogP contribution in [0.4, 0.5) is 0 Å². The van der Waals surface area contributed by atoms with Crippen molar-refractivity contribution in [3.05, 3.63) is 23.5 Å². The van der Waals surface area contributed by atoms with Gasteiger partial charge >= 0.3 is 0 Å². The summed E-state index contributed by atoms with van der Waals surface area (Å²) in [6.45, 7) is 0. The molecule has 0 aromatic carbocycles. The molecule has 0 saturated heterocycles. The summed E-state index contributed by atoms with van der Waals surface area (Å²) in [6, 6.07) is 0. The van der Waals surface area contributed by atoms with E-state index in [0.29, 0.717) is 24.2 Å². The van der Waals surface area contributed by atoms with E-state index >= 15 is 0 Å². The van der Waals surface area contributed by atoms with Crippen LogP contribution in [0.25, 0.3) is 0 Å². The third-order valence-electron chi connectivity index (χ3n) is 1.79. The number of hydrogen-bond acceptors (Lipinski definition) is 3. The molecule has 62 valence electrons. The molecule has 1 heterocycles. The average molecular weight is 165 g/mol. The third-order valence-corrected chi connectivity index (χ3v) is 1.79. The number of allylic oxidation sites excluding steroid dienone is 2. The van der Waals surface area contributed by atoms with Crippen LogP contribution in [0.2, 0.25) is 0 Å². The van der Waals surface area contributed by atoms with E-state index in [2.05, 4.69) is 5.48 Å². The molecule has 0 atom stereocenters. The summed E-state index contributed by atoms with van der Waals surface area (Å²) >= 11 is 0. The minimum Gasteiger partial charge on any atom is -0.379 e. The summed E-state index contributed by atoms with van der Waals surface area (Å²) in [5, 5.41) is 0. The molecule has 1 aliphatic carbocycles. The molecular formula is C8H7NO3. The Balaban J connectivity index is 2.35. The van der Waals surface area contributed by atoms with Crippen molar-refractivity contribution in [3.63, 3.8) is 0 Å². The molecule has 0 aromatic rings. The van der Waals surface area contributed by atoms with Gasteiger partial charge < -0.3 is 4.84 Å². The van der Waals surface area contributed by atoms with Crippen LogP contribution in [-0.2, 0) is 14.4 Å². The number of carbonyl (C=O) groups is 2. The Labute approximate surface area is 68.8 Å². The molecule has 0 spiro atoms. The highest BCUT2D eigenvalue weighted by atomic mass is 16.7. The van der Waals surface area contributed by atoms with Crippen LogP contribution in [-0.4, -0.2) is 11.7 Å². The van der Waals surface area contributed by atoms with Gasteiger partial charge in [-0.05, 0) is 6.08 Å². The minimum absolute atomic E-state index is 0.114. The molecule has 4 nitrogen and oxygen atoms in total. The molecule has 12 heavy (non-hydrogen) atoms. The van der Waals surface area contributed by atoms with Crippen LogP contribution < -0.4 is 5.48 Å². The van der Waals surface area contributed by atoms with Crippen molar-refractivity contribution in [2.24, 2.45) is 0 Å². The standard InChI is InChI=1S/C8H7NO3/c10-6-1-2-7-5(3-6)4-8(11)9-12-7/h2,4H,1,3H2,(H,9,11). The van der Waals surface area contributed by atoms with Gasteiger partial charge in [0.05, 0.1) is 0 Å². The zero-order chi connectivity index (χ0) is 8.55. The van der Waals surface area contributed by atoms with E-state index in [0.717, 1.165) is 0 Å². The lowest BCUT2D eigenvalue weighted by Crippen LogP contribution is -2.28. The number of carbonyl (C=O) groups excluding carboxylic acids is 2. The van der Waals surface area contributed by atoms with Crippen LogP contribution in [0.3, 0.4) is 0 Å². The third kappa shape index (κ3) is 1.11. The topological polar surface area (TPSA) is 55.4 Å². The first kappa shape index (κ1) is 7.09. The zero-order valence-electron chi connectivity index (χ0n) is 6.29. The summed E-state index contributed by atoms with van der Waals surface area (Å²) in [5.74, 6) is 0.411. The van der Waals surface area contributed by atoms with Crippen LogP contribution in [0.5, 0.6) is 0 Å². The average Bonchev–Trinajstić information content (AvgIpc) is 2.03. The molecule has 0 bridgehead atoms. The number of hydrogen-bond donors (Lipinski definition) is 1. The molecule has 4 heteroatoms. The lowest BCUT2D eigenvalue weighted by atomic mass is 9.98. The Morgan fingerprint density at radius 2 is 2.25 bits per heavy atom. The van der Waals surface area contributed by atoms with Crippen molar-refractivity contribution in [3.8, 4) is 0 Å². The number of ketones is 1. The van der Waals surface area contributed by atoms with Crippen molar-refractivity contribution < 1.29 is 14.4 Å². The maximum absolute atomic E-state index is 11.0. The van der Waals surface area contributed by atoms with Crippen LogP contribution in [0.1, 0.15) is 12.8 Å². The monoisotopic (exact) mass is 165 g/mol. The predicted molar refractivity (Wildman–Crippen MR) is 39.6 cm³/mol. The van der Waals surface area contributed by atoms with Gasteiger partial charge in [-0.2, -0.15) is 5.48 Å². The number of hydroxylamine groups is 1. The van der Waals surface area contributed by atoms with Gasteiger partial charge in [-0.1, -0.05) is 0 Å². The highest BCUT2D eigenvalue weighted by Gasteiger charge is 2.22. The maximum atomic E-state index is 11.0. The van der Waals surface area contributed by atoms with E-state index in [1.54, 1.807) is 6.08 Å². The van der Waals surface area contributed by atoms with Crippen molar-refractivity contribution in [1.29, 1.82) is 0 Å². The van der Waals surface area contributed by atoms with Gasteiger partial charge in [0.15, 0.2) is 5.76 Å². The SMILES string of the molecule is O=C1CC=C2ONC(=O)C=C2C1. The van der Waals surface area contributed by atoms with E-state index in [9.17, 15) is 9.59 Å². The van der Waals surface area contributed by atoms with Gasteiger partial charge in [-0.25, -0.2) is 0 Å². The van der Waals surface area contributed by atoms with Crippen molar-refractivity contribution in [2.75, 3.05) is 0 Å². The Bertz CT molecular complexity index is 314. The molecule has 1 aliphatic heterocycles. The van der Waals surface area contributed by atoms with Gasteiger partial charge in [0.25, 0.3) is 5.91 Å². The first-order chi connectivity index (χ1) is 5.75. The number of fused-ring (bicyclic) bond motifs is 1. The summed E-state index contributed by atoms with van der Waals surface area (Å²) in [5.41, 5.74) is 2.88. The lowest BCUT2D eigenvalue weighted by molar-refractivity contribution is -0.126. The highest BCUT2D eigenvalue weighted by Crippen LogP contribution is 2.23. The molecule has 2 aliphatic rings. The van der Waals surface area contributed by atoms with Gasteiger partial charge in [0.2, 0.25) is 0 Å². The Kier molecular flexibility index (Phi) is 1.46. The molecule has 1 N–H and O–H groups in total. The van der Waals surface area contributed by atoms with E-state index in [1.165, 1.54) is 6.08 Å². The van der Waals surface area contributed by atoms with E-state index in [1.807, 2.05) is 0 Å². The van der Waals surface area contributed by atoms with Crippen LogP contribution in [0, 0.1) is 0 Å². The van der Waals surface area contributed by atoms with Gasteiger partial charge in [0.1, 0.15) is 5.78 Å². The second kappa shape index (κ2) is 2.48. The summed E-state index contributed by atoms with van der Waals surface area (Å²) in [7, 11) is 0. The fourth-order valence-electron chi connectivity index (χ4n) is 1.23. The Hall–Kier alpha value is -1.58. The van der Waals surface area contributed by atoms with Crippen LogP contribution in [0.15, 0.2) is 23.5 Å². The quantitative estimate of drug-likeness (QED) is 0.558. The normalized spacial score (nSPS) is 21.7. The van der Waals surface area contributed by atoms with E-state index < -0.39 is 0 Å². The molecule has 0 radical (unpaired) electrons. The Morgan fingerprint density at radius 1 is 1.42 bits per heavy atom. The number of amides is 1. The molecule has 0 saturated carbocycles. The van der Waals surface area contributed by atoms with Crippen molar-refractivity contribution in [2.45, 2.75) is 12.8 Å². The molecule has 0 unspecified atom stereocenters. The van der Waals surface area contributed by atoms with Gasteiger partial charge in [-0.15, -0.1) is 0 Å². The van der Waals surface area contributed by atoms with Gasteiger partial charge in [0, 0.05) is 24.5 Å². The number of rotatable bonds is 0.